The molecule has 0 aromatic heterocycles. The highest BCUT2D eigenvalue weighted by Gasteiger charge is 2.03. The van der Waals surface area contributed by atoms with Crippen LogP contribution in [0.4, 0.5) is 0 Å². The first-order valence-corrected chi connectivity index (χ1v) is 11.7. The Hall–Kier alpha value is -0.610. The standard InChI is InChI=1S/C23H47NO3/c1-4-5-6-7-8-9-10-11-12-13-14-15-16-17-18-19-20-26-21-22(2)27-24-23(3)25/h22H,4-21H2,1-3H3,(H,24,25). The molecule has 0 aromatic rings. The Morgan fingerprint density at radius 2 is 1.15 bits per heavy atom. The van der Waals surface area contributed by atoms with Crippen LogP contribution in [-0.2, 0) is 14.4 Å². The maximum Gasteiger partial charge on any atom is 0.240 e. The van der Waals surface area contributed by atoms with Crippen LogP contribution in [0.25, 0.3) is 0 Å². The molecule has 162 valence electrons. The van der Waals surface area contributed by atoms with E-state index in [4.69, 9.17) is 9.57 Å². The summed E-state index contributed by atoms with van der Waals surface area (Å²) in [4.78, 5) is 15.8. The molecule has 0 radical (unpaired) electrons. The zero-order valence-corrected chi connectivity index (χ0v) is 18.5. The van der Waals surface area contributed by atoms with Crippen LogP contribution in [-0.4, -0.2) is 25.2 Å². The van der Waals surface area contributed by atoms with Crippen molar-refractivity contribution < 1.29 is 14.4 Å². The number of hydroxylamine groups is 1. The number of amides is 1. The predicted molar refractivity (Wildman–Crippen MR) is 115 cm³/mol. The molecule has 0 saturated carbocycles. The van der Waals surface area contributed by atoms with Gasteiger partial charge >= 0.3 is 0 Å². The van der Waals surface area contributed by atoms with Crippen molar-refractivity contribution in [1.29, 1.82) is 0 Å². The minimum atomic E-state index is -0.181. The van der Waals surface area contributed by atoms with Crippen molar-refractivity contribution in [1.82, 2.24) is 5.48 Å². The van der Waals surface area contributed by atoms with E-state index in [1.807, 2.05) is 6.92 Å². The number of carbonyl (C=O) groups excluding carboxylic acids is 1. The first-order chi connectivity index (χ1) is 13.2. The van der Waals surface area contributed by atoms with Crippen molar-refractivity contribution in [3.63, 3.8) is 0 Å². The molecule has 1 unspecified atom stereocenters. The summed E-state index contributed by atoms with van der Waals surface area (Å²) in [6.07, 6.45) is 22.0. The second kappa shape index (κ2) is 21.7. The molecule has 0 saturated heterocycles. The zero-order valence-electron chi connectivity index (χ0n) is 18.5. The van der Waals surface area contributed by atoms with Gasteiger partial charge in [-0.2, -0.15) is 0 Å². The van der Waals surface area contributed by atoms with E-state index in [-0.39, 0.29) is 12.0 Å². The van der Waals surface area contributed by atoms with E-state index < -0.39 is 0 Å². The quantitative estimate of drug-likeness (QED) is 0.176. The lowest BCUT2D eigenvalue weighted by molar-refractivity contribution is -0.138. The molecule has 4 nitrogen and oxygen atoms in total. The summed E-state index contributed by atoms with van der Waals surface area (Å²) < 4.78 is 5.57. The van der Waals surface area contributed by atoms with Crippen molar-refractivity contribution in [2.45, 2.75) is 130 Å². The number of hydrogen-bond acceptors (Lipinski definition) is 3. The van der Waals surface area contributed by atoms with Crippen molar-refractivity contribution >= 4 is 5.91 Å². The maximum absolute atomic E-state index is 10.7. The van der Waals surface area contributed by atoms with E-state index in [0.29, 0.717) is 6.61 Å². The molecule has 0 bridgehead atoms. The number of carbonyl (C=O) groups is 1. The third kappa shape index (κ3) is 23.4. The first-order valence-electron chi connectivity index (χ1n) is 11.7. The minimum Gasteiger partial charge on any atom is -0.379 e. The van der Waals surface area contributed by atoms with Crippen molar-refractivity contribution in [3.05, 3.63) is 0 Å². The lowest BCUT2D eigenvalue weighted by Crippen LogP contribution is -2.28. The number of ether oxygens (including phenoxy) is 1. The Morgan fingerprint density at radius 1 is 0.741 bits per heavy atom. The summed E-state index contributed by atoms with van der Waals surface area (Å²) in [5.41, 5.74) is 2.34. The van der Waals surface area contributed by atoms with Crippen molar-refractivity contribution in [2.75, 3.05) is 13.2 Å². The third-order valence-electron chi connectivity index (χ3n) is 4.90. The summed E-state index contributed by atoms with van der Waals surface area (Å²) >= 11 is 0. The smallest absolute Gasteiger partial charge is 0.240 e. The van der Waals surface area contributed by atoms with Gasteiger partial charge in [0.05, 0.1) is 6.61 Å². The van der Waals surface area contributed by atoms with Gasteiger partial charge in [0.25, 0.3) is 0 Å². The van der Waals surface area contributed by atoms with Gasteiger partial charge in [-0.15, -0.1) is 0 Å². The van der Waals surface area contributed by atoms with Gasteiger partial charge in [0.2, 0.25) is 5.91 Å². The topological polar surface area (TPSA) is 47.6 Å². The van der Waals surface area contributed by atoms with Crippen LogP contribution < -0.4 is 5.48 Å². The molecule has 1 amide bonds. The molecule has 0 aliphatic rings. The Labute approximate surface area is 169 Å². The van der Waals surface area contributed by atoms with Crippen molar-refractivity contribution in [3.8, 4) is 0 Å². The van der Waals surface area contributed by atoms with Gasteiger partial charge in [0.1, 0.15) is 6.10 Å². The second-order valence-electron chi connectivity index (χ2n) is 7.96. The molecular formula is C23H47NO3. The molecule has 0 fully saturated rings. The third-order valence-corrected chi connectivity index (χ3v) is 4.90. The zero-order chi connectivity index (χ0) is 20.0. The number of unbranched alkanes of at least 4 members (excludes halogenated alkanes) is 15. The lowest BCUT2D eigenvalue weighted by Gasteiger charge is -2.12. The average molecular weight is 386 g/mol. The monoisotopic (exact) mass is 385 g/mol. The summed E-state index contributed by atoms with van der Waals surface area (Å²) in [5.74, 6) is -0.181. The molecule has 0 aliphatic heterocycles. The molecule has 1 atom stereocenters. The predicted octanol–water partition coefficient (Wildman–Crippen LogP) is 6.72. The molecule has 0 spiro atoms. The highest BCUT2D eigenvalue weighted by molar-refractivity contribution is 5.71. The SMILES string of the molecule is CCCCCCCCCCCCCCCCCCOCC(C)ONC(C)=O. The average Bonchev–Trinajstić information content (AvgIpc) is 2.65. The fourth-order valence-corrected chi connectivity index (χ4v) is 3.22. The van der Waals surface area contributed by atoms with Gasteiger partial charge in [0, 0.05) is 13.5 Å². The van der Waals surface area contributed by atoms with E-state index in [0.717, 1.165) is 13.0 Å². The molecule has 0 aliphatic carbocycles. The summed E-state index contributed by atoms with van der Waals surface area (Å²) in [6.45, 7) is 6.92. The van der Waals surface area contributed by atoms with E-state index in [1.54, 1.807) is 0 Å². The second-order valence-corrected chi connectivity index (χ2v) is 7.96. The van der Waals surface area contributed by atoms with Crippen LogP contribution in [0, 0.1) is 0 Å². The molecule has 0 rings (SSSR count). The molecule has 4 heteroatoms. The van der Waals surface area contributed by atoms with Crippen LogP contribution in [0.1, 0.15) is 124 Å². The highest BCUT2D eigenvalue weighted by atomic mass is 16.7. The Kier molecular flexibility index (Phi) is 21.2. The van der Waals surface area contributed by atoms with Gasteiger partial charge in [-0.05, 0) is 13.3 Å². The van der Waals surface area contributed by atoms with Crippen LogP contribution in [0.5, 0.6) is 0 Å². The van der Waals surface area contributed by atoms with Crippen LogP contribution in [0.3, 0.4) is 0 Å². The summed E-state index contributed by atoms with van der Waals surface area (Å²) in [7, 11) is 0. The van der Waals surface area contributed by atoms with Crippen LogP contribution in [0.15, 0.2) is 0 Å². The van der Waals surface area contributed by atoms with E-state index in [9.17, 15) is 4.79 Å². The van der Waals surface area contributed by atoms with E-state index in [2.05, 4.69) is 12.4 Å². The van der Waals surface area contributed by atoms with Gasteiger partial charge in [-0.1, -0.05) is 103 Å². The van der Waals surface area contributed by atoms with Crippen LogP contribution >= 0.6 is 0 Å². The summed E-state index contributed by atoms with van der Waals surface area (Å²) in [6, 6.07) is 0. The number of rotatable bonds is 21. The van der Waals surface area contributed by atoms with Gasteiger partial charge < -0.3 is 4.74 Å². The normalized spacial score (nSPS) is 12.3. The van der Waals surface area contributed by atoms with E-state index in [1.165, 1.54) is 103 Å². The van der Waals surface area contributed by atoms with E-state index >= 15 is 0 Å². The maximum atomic E-state index is 10.7. The highest BCUT2D eigenvalue weighted by Crippen LogP contribution is 2.13. The van der Waals surface area contributed by atoms with Gasteiger partial charge in [0.15, 0.2) is 0 Å². The lowest BCUT2D eigenvalue weighted by atomic mass is 10.0. The first kappa shape index (κ1) is 26.4. The molecule has 0 aromatic carbocycles. The minimum absolute atomic E-state index is 0.102. The largest absolute Gasteiger partial charge is 0.379 e. The molecule has 0 heterocycles. The van der Waals surface area contributed by atoms with Gasteiger partial charge in [-0.25, -0.2) is 5.48 Å². The summed E-state index contributed by atoms with van der Waals surface area (Å²) in [5, 5.41) is 0. The van der Waals surface area contributed by atoms with Gasteiger partial charge in [-0.3, -0.25) is 9.63 Å². The van der Waals surface area contributed by atoms with Crippen LogP contribution in [0.2, 0.25) is 0 Å². The Balaban J connectivity index is 3.08. The fraction of sp³-hybridized carbons (Fsp3) is 0.957. The Morgan fingerprint density at radius 3 is 1.56 bits per heavy atom. The molecule has 27 heavy (non-hydrogen) atoms. The molecular weight excluding hydrogens is 338 g/mol. The fourth-order valence-electron chi connectivity index (χ4n) is 3.22. The molecule has 1 N–H and O–H groups in total. The Bertz CT molecular complexity index is 310. The van der Waals surface area contributed by atoms with Crippen molar-refractivity contribution in [2.24, 2.45) is 0 Å². The number of hydrogen-bond donors (Lipinski definition) is 1. The number of nitrogens with one attached hydrogen (secondary N) is 1.